The molecule has 5 heteroatoms. The molecule has 0 aromatic rings. The van der Waals surface area contributed by atoms with Crippen molar-refractivity contribution in [2.45, 2.75) is 30.6 Å². The molecule has 0 aromatic carbocycles. The van der Waals surface area contributed by atoms with Crippen LogP contribution in [0.1, 0.15) is 19.8 Å². The van der Waals surface area contributed by atoms with E-state index in [0.717, 1.165) is 18.6 Å². The van der Waals surface area contributed by atoms with Crippen LogP contribution in [0.25, 0.3) is 0 Å². The van der Waals surface area contributed by atoms with Gasteiger partial charge in [-0.15, -0.1) is 23.4 Å². The van der Waals surface area contributed by atoms with Crippen LogP contribution in [0.15, 0.2) is 0 Å². The Kier molecular flexibility index (Phi) is 4.03. The molecule has 16 heavy (non-hydrogen) atoms. The van der Waals surface area contributed by atoms with Gasteiger partial charge < -0.3 is 9.64 Å². The van der Waals surface area contributed by atoms with Crippen LogP contribution in [0, 0.1) is 0 Å². The highest BCUT2D eigenvalue weighted by Gasteiger charge is 2.41. The summed E-state index contributed by atoms with van der Waals surface area (Å²) in [5, 5.41) is 0. The summed E-state index contributed by atoms with van der Waals surface area (Å²) in [6, 6.07) is 0. The largest absolute Gasteiger partial charge is 0.373 e. The van der Waals surface area contributed by atoms with Crippen LogP contribution in [-0.4, -0.2) is 53.0 Å². The first-order valence-electron chi connectivity index (χ1n) is 5.76. The Morgan fingerprint density at radius 2 is 2.50 bits per heavy atom. The number of thioether (sulfide) groups is 1. The summed E-state index contributed by atoms with van der Waals surface area (Å²) in [5.41, 5.74) is 0. The third kappa shape index (κ3) is 2.49. The van der Waals surface area contributed by atoms with E-state index in [1.807, 2.05) is 4.90 Å². The minimum atomic E-state index is -0.200. The Morgan fingerprint density at radius 1 is 1.69 bits per heavy atom. The molecule has 2 rings (SSSR count). The second kappa shape index (κ2) is 5.15. The minimum absolute atomic E-state index is 0.00868. The second-order valence-corrected chi connectivity index (χ2v) is 6.49. The molecule has 0 bridgehead atoms. The molecule has 3 nitrogen and oxygen atoms in total. The SMILES string of the molecule is CC1(C(=O)N2CCOC(CCl)C2)CCCS1. The van der Waals surface area contributed by atoms with Gasteiger partial charge in [-0.25, -0.2) is 0 Å². The standard InChI is InChI=1S/C11H18ClNO2S/c1-11(3-2-6-16-11)10(14)13-4-5-15-9(7-12)8-13/h9H,2-8H2,1H3. The fourth-order valence-corrected chi connectivity index (χ4v) is 3.75. The lowest BCUT2D eigenvalue weighted by Crippen LogP contribution is -2.52. The molecule has 2 unspecified atom stereocenters. The van der Waals surface area contributed by atoms with Crippen molar-refractivity contribution >= 4 is 29.3 Å². The lowest BCUT2D eigenvalue weighted by molar-refractivity contribution is -0.140. The Morgan fingerprint density at radius 3 is 3.12 bits per heavy atom. The van der Waals surface area contributed by atoms with Crippen LogP contribution >= 0.6 is 23.4 Å². The van der Waals surface area contributed by atoms with E-state index in [4.69, 9.17) is 16.3 Å². The van der Waals surface area contributed by atoms with Gasteiger partial charge in [0, 0.05) is 13.1 Å². The molecule has 1 amide bonds. The molecule has 2 aliphatic rings. The van der Waals surface area contributed by atoms with E-state index in [9.17, 15) is 4.79 Å². The van der Waals surface area contributed by atoms with E-state index in [1.165, 1.54) is 0 Å². The second-order valence-electron chi connectivity index (χ2n) is 4.58. The zero-order valence-corrected chi connectivity index (χ0v) is 11.1. The molecule has 2 aliphatic heterocycles. The molecule has 0 aliphatic carbocycles. The number of carbonyl (C=O) groups excluding carboxylic acids is 1. The molecule has 0 spiro atoms. The van der Waals surface area contributed by atoms with Crippen molar-refractivity contribution in [3.63, 3.8) is 0 Å². The number of alkyl halides is 1. The summed E-state index contributed by atoms with van der Waals surface area (Å²) in [4.78, 5) is 14.3. The van der Waals surface area contributed by atoms with Crippen molar-refractivity contribution in [1.82, 2.24) is 4.90 Å². The molecule has 0 saturated carbocycles. The Labute approximate surface area is 106 Å². The highest BCUT2D eigenvalue weighted by Crippen LogP contribution is 2.39. The summed E-state index contributed by atoms with van der Waals surface area (Å²) < 4.78 is 5.27. The molecule has 2 heterocycles. The highest BCUT2D eigenvalue weighted by atomic mass is 35.5. The highest BCUT2D eigenvalue weighted by molar-refractivity contribution is 8.01. The van der Waals surface area contributed by atoms with Crippen LogP contribution in [0.5, 0.6) is 0 Å². The van der Waals surface area contributed by atoms with Crippen LogP contribution in [-0.2, 0) is 9.53 Å². The van der Waals surface area contributed by atoms with Gasteiger partial charge in [0.1, 0.15) is 0 Å². The molecular formula is C11H18ClNO2S. The predicted octanol–water partition coefficient (Wildman–Crippen LogP) is 1.74. The van der Waals surface area contributed by atoms with Crippen molar-refractivity contribution in [3.8, 4) is 0 Å². The first-order valence-corrected chi connectivity index (χ1v) is 7.28. The Hall–Kier alpha value is 0.0700. The average molecular weight is 264 g/mol. The number of nitrogens with zero attached hydrogens (tertiary/aromatic N) is 1. The van der Waals surface area contributed by atoms with E-state index in [-0.39, 0.29) is 16.8 Å². The summed E-state index contributed by atoms with van der Waals surface area (Å²) in [5.74, 6) is 1.84. The average Bonchev–Trinajstić information content (AvgIpc) is 2.76. The van der Waals surface area contributed by atoms with Crippen LogP contribution in [0.2, 0.25) is 0 Å². The Balaban J connectivity index is 1.98. The number of ether oxygens (including phenoxy) is 1. The van der Waals surface area contributed by atoms with Crippen LogP contribution < -0.4 is 0 Å². The van der Waals surface area contributed by atoms with Gasteiger partial charge in [-0.2, -0.15) is 0 Å². The lowest BCUT2D eigenvalue weighted by Gasteiger charge is -2.36. The fraction of sp³-hybridized carbons (Fsp3) is 0.909. The zero-order valence-electron chi connectivity index (χ0n) is 9.58. The number of hydrogen-bond acceptors (Lipinski definition) is 3. The maximum Gasteiger partial charge on any atom is 0.238 e. The van der Waals surface area contributed by atoms with E-state index >= 15 is 0 Å². The molecule has 0 radical (unpaired) electrons. The summed E-state index contributed by atoms with van der Waals surface area (Å²) in [6.07, 6.45) is 2.16. The summed E-state index contributed by atoms with van der Waals surface area (Å²) in [6.45, 7) is 4.04. The number of halogens is 1. The van der Waals surface area contributed by atoms with E-state index in [1.54, 1.807) is 11.8 Å². The number of rotatable bonds is 2. The number of morpholine rings is 1. The quantitative estimate of drug-likeness (QED) is 0.711. The van der Waals surface area contributed by atoms with Crippen molar-refractivity contribution in [2.75, 3.05) is 31.3 Å². The van der Waals surface area contributed by atoms with Gasteiger partial charge >= 0.3 is 0 Å². The smallest absolute Gasteiger partial charge is 0.238 e. The van der Waals surface area contributed by atoms with Crippen molar-refractivity contribution in [2.24, 2.45) is 0 Å². The van der Waals surface area contributed by atoms with E-state index < -0.39 is 0 Å². The third-order valence-electron chi connectivity index (χ3n) is 3.27. The van der Waals surface area contributed by atoms with Crippen molar-refractivity contribution in [3.05, 3.63) is 0 Å². The Bertz CT molecular complexity index is 269. The normalized spacial score (nSPS) is 35.4. The monoisotopic (exact) mass is 263 g/mol. The minimum Gasteiger partial charge on any atom is -0.373 e. The van der Waals surface area contributed by atoms with Gasteiger partial charge in [0.25, 0.3) is 0 Å². The number of amides is 1. The van der Waals surface area contributed by atoms with E-state index in [2.05, 4.69) is 6.92 Å². The molecule has 2 fully saturated rings. The number of carbonyl (C=O) groups is 1. The topological polar surface area (TPSA) is 29.5 Å². The van der Waals surface area contributed by atoms with Gasteiger partial charge in [-0.3, -0.25) is 4.79 Å². The summed E-state index contributed by atoms with van der Waals surface area (Å²) in [7, 11) is 0. The first kappa shape index (κ1) is 12.5. The summed E-state index contributed by atoms with van der Waals surface area (Å²) >= 11 is 7.57. The maximum absolute atomic E-state index is 12.4. The van der Waals surface area contributed by atoms with Gasteiger partial charge in [0.15, 0.2) is 0 Å². The van der Waals surface area contributed by atoms with Gasteiger partial charge in [0.2, 0.25) is 5.91 Å². The first-order chi connectivity index (χ1) is 7.65. The lowest BCUT2D eigenvalue weighted by atomic mass is 10.0. The van der Waals surface area contributed by atoms with E-state index in [0.29, 0.717) is 25.6 Å². The molecule has 0 aromatic heterocycles. The third-order valence-corrected chi connectivity index (χ3v) is 5.12. The zero-order chi connectivity index (χ0) is 11.6. The van der Waals surface area contributed by atoms with Gasteiger partial charge in [-0.1, -0.05) is 0 Å². The fourth-order valence-electron chi connectivity index (χ4n) is 2.28. The molecule has 0 N–H and O–H groups in total. The number of hydrogen-bond donors (Lipinski definition) is 0. The van der Waals surface area contributed by atoms with Crippen molar-refractivity contribution in [1.29, 1.82) is 0 Å². The van der Waals surface area contributed by atoms with Crippen molar-refractivity contribution < 1.29 is 9.53 Å². The molecule has 2 atom stereocenters. The maximum atomic E-state index is 12.4. The van der Waals surface area contributed by atoms with Gasteiger partial charge in [-0.05, 0) is 25.5 Å². The molecule has 92 valence electrons. The van der Waals surface area contributed by atoms with Crippen LogP contribution in [0.4, 0.5) is 0 Å². The van der Waals surface area contributed by atoms with Gasteiger partial charge in [0.05, 0.1) is 23.3 Å². The van der Waals surface area contributed by atoms with Crippen LogP contribution in [0.3, 0.4) is 0 Å². The molecular weight excluding hydrogens is 246 g/mol. The predicted molar refractivity (Wildman–Crippen MR) is 67.1 cm³/mol. The molecule has 2 saturated heterocycles.